The lowest BCUT2D eigenvalue weighted by Crippen LogP contribution is -2.40. The van der Waals surface area contributed by atoms with E-state index in [9.17, 15) is 8.78 Å². The van der Waals surface area contributed by atoms with E-state index in [4.69, 9.17) is 14.2 Å². The predicted molar refractivity (Wildman–Crippen MR) is 106 cm³/mol. The molecule has 1 fully saturated rings. The van der Waals surface area contributed by atoms with E-state index < -0.39 is 5.92 Å². The number of alkyl halides is 2. The maximum atomic E-state index is 13.5. The molecule has 0 saturated heterocycles. The first-order chi connectivity index (χ1) is 14.5. The molecule has 8 heteroatoms. The second-order valence-corrected chi connectivity index (χ2v) is 8.00. The van der Waals surface area contributed by atoms with Gasteiger partial charge in [-0.2, -0.15) is 0 Å². The van der Waals surface area contributed by atoms with Crippen LogP contribution in [0.15, 0.2) is 36.8 Å². The van der Waals surface area contributed by atoms with Crippen LogP contribution in [-0.4, -0.2) is 40.3 Å². The van der Waals surface area contributed by atoms with Crippen LogP contribution in [0.4, 0.5) is 8.78 Å². The molecule has 0 bridgehead atoms. The number of pyridine rings is 1. The molecule has 30 heavy (non-hydrogen) atoms. The molecule has 1 aliphatic heterocycles. The van der Waals surface area contributed by atoms with Crippen molar-refractivity contribution in [1.82, 2.24) is 14.5 Å². The molecule has 3 aromatic rings. The average Bonchev–Trinajstić information content (AvgIpc) is 3.16. The first kappa shape index (κ1) is 19.1. The maximum Gasteiger partial charge on any atom is 0.248 e. The summed E-state index contributed by atoms with van der Waals surface area (Å²) in [5, 5.41) is 0. The molecule has 0 amide bonds. The number of ether oxygens (including phenoxy) is 3. The molecular formula is C22H23F2N3O3. The van der Waals surface area contributed by atoms with Crippen LogP contribution in [-0.2, 0) is 6.54 Å². The van der Waals surface area contributed by atoms with Gasteiger partial charge in [-0.3, -0.25) is 0 Å². The van der Waals surface area contributed by atoms with Gasteiger partial charge < -0.3 is 18.8 Å². The van der Waals surface area contributed by atoms with Gasteiger partial charge in [-0.15, -0.1) is 0 Å². The summed E-state index contributed by atoms with van der Waals surface area (Å²) in [5.74, 6) is -0.762. The zero-order valence-corrected chi connectivity index (χ0v) is 16.7. The quantitative estimate of drug-likeness (QED) is 0.630. The fourth-order valence-electron chi connectivity index (χ4n) is 4.33. The van der Waals surface area contributed by atoms with Crippen LogP contribution in [0.2, 0.25) is 0 Å². The molecule has 5 rings (SSSR count). The van der Waals surface area contributed by atoms with Crippen molar-refractivity contribution in [3.8, 4) is 17.2 Å². The van der Waals surface area contributed by atoms with Gasteiger partial charge in [-0.05, 0) is 48.6 Å². The monoisotopic (exact) mass is 415 g/mol. The predicted octanol–water partition coefficient (Wildman–Crippen LogP) is 4.45. The molecule has 1 atom stereocenters. The Hall–Kier alpha value is -2.90. The summed E-state index contributed by atoms with van der Waals surface area (Å²) in [6, 6.07) is 7.62. The van der Waals surface area contributed by atoms with E-state index >= 15 is 0 Å². The van der Waals surface area contributed by atoms with Gasteiger partial charge >= 0.3 is 0 Å². The number of aromatic nitrogens is 3. The molecule has 3 heterocycles. The summed E-state index contributed by atoms with van der Waals surface area (Å²) in [6.07, 6.45) is 3.97. The number of nitrogens with zero attached hydrogens (tertiary/aromatic N) is 3. The first-order valence-electron chi connectivity index (χ1n) is 10.2. The Balaban J connectivity index is 1.37. The molecule has 6 nitrogen and oxygen atoms in total. The van der Waals surface area contributed by atoms with Gasteiger partial charge in [-0.25, -0.2) is 18.7 Å². The van der Waals surface area contributed by atoms with Gasteiger partial charge in [0.25, 0.3) is 0 Å². The van der Waals surface area contributed by atoms with Crippen LogP contribution in [0.3, 0.4) is 0 Å². The Morgan fingerprint density at radius 3 is 2.87 bits per heavy atom. The van der Waals surface area contributed by atoms with Gasteiger partial charge in [0.1, 0.15) is 18.2 Å². The molecule has 1 aliphatic carbocycles. The van der Waals surface area contributed by atoms with Crippen molar-refractivity contribution in [3.05, 3.63) is 42.4 Å². The fraction of sp³-hybridized carbons (Fsp3) is 0.455. The fourth-order valence-corrected chi connectivity index (χ4v) is 4.33. The van der Waals surface area contributed by atoms with Crippen molar-refractivity contribution >= 4 is 11.2 Å². The van der Waals surface area contributed by atoms with E-state index in [2.05, 4.69) is 9.97 Å². The number of hydrogen-bond donors (Lipinski definition) is 0. The molecule has 158 valence electrons. The number of hydrogen-bond acceptors (Lipinski definition) is 5. The van der Waals surface area contributed by atoms with Gasteiger partial charge in [0.2, 0.25) is 11.7 Å². The second-order valence-electron chi connectivity index (χ2n) is 8.00. The van der Waals surface area contributed by atoms with E-state index in [1.807, 2.05) is 28.8 Å². The zero-order chi connectivity index (χ0) is 20.7. The summed E-state index contributed by atoms with van der Waals surface area (Å²) >= 11 is 0. The Bertz CT molecular complexity index is 1040. The van der Waals surface area contributed by atoms with Gasteiger partial charge in [-0.1, -0.05) is 0 Å². The van der Waals surface area contributed by atoms with Gasteiger partial charge in [0.15, 0.2) is 17.1 Å². The van der Waals surface area contributed by atoms with E-state index in [-0.39, 0.29) is 24.9 Å². The van der Waals surface area contributed by atoms with Crippen molar-refractivity contribution in [2.24, 2.45) is 5.92 Å². The highest BCUT2D eigenvalue weighted by molar-refractivity contribution is 5.70. The molecule has 0 N–H and O–H groups in total. The molecule has 2 aromatic heterocycles. The molecule has 0 radical (unpaired) electrons. The van der Waals surface area contributed by atoms with E-state index in [0.717, 1.165) is 16.7 Å². The first-order valence-corrected chi connectivity index (χ1v) is 10.2. The van der Waals surface area contributed by atoms with E-state index in [0.29, 0.717) is 43.2 Å². The Kier molecular flexibility index (Phi) is 4.72. The molecule has 2 aliphatic rings. The molecule has 0 spiro atoms. The molecule has 1 unspecified atom stereocenters. The highest BCUT2D eigenvalue weighted by Crippen LogP contribution is 2.45. The third-order valence-corrected chi connectivity index (χ3v) is 5.99. The van der Waals surface area contributed by atoms with Crippen molar-refractivity contribution in [2.45, 2.75) is 44.3 Å². The van der Waals surface area contributed by atoms with Gasteiger partial charge in [0.05, 0.1) is 20.0 Å². The molecular weight excluding hydrogens is 392 g/mol. The van der Waals surface area contributed by atoms with Crippen LogP contribution < -0.4 is 14.2 Å². The van der Waals surface area contributed by atoms with Crippen molar-refractivity contribution in [3.63, 3.8) is 0 Å². The number of methoxy groups -OCH3 is 1. The largest absolute Gasteiger partial charge is 0.493 e. The highest BCUT2D eigenvalue weighted by atomic mass is 19.3. The van der Waals surface area contributed by atoms with Crippen LogP contribution in [0.1, 0.15) is 31.2 Å². The van der Waals surface area contributed by atoms with Gasteiger partial charge in [0, 0.05) is 19.0 Å². The van der Waals surface area contributed by atoms with Crippen LogP contribution >= 0.6 is 0 Å². The maximum absolute atomic E-state index is 13.5. The minimum atomic E-state index is -2.55. The second kappa shape index (κ2) is 7.41. The summed E-state index contributed by atoms with van der Waals surface area (Å²) in [5.41, 5.74) is 2.61. The molecule has 1 aromatic carbocycles. The highest BCUT2D eigenvalue weighted by Gasteiger charge is 2.40. The lowest BCUT2D eigenvalue weighted by Gasteiger charge is -2.36. The SMILES string of the molecule is COc1cc(Cn2cnc3cccnc32)cc2c1OC(C1CCC(F)(F)CC1)CO2. The number of halogens is 2. The Morgan fingerprint density at radius 2 is 2.07 bits per heavy atom. The summed E-state index contributed by atoms with van der Waals surface area (Å²) in [7, 11) is 1.59. The zero-order valence-electron chi connectivity index (χ0n) is 16.7. The summed E-state index contributed by atoms with van der Waals surface area (Å²) < 4.78 is 46.7. The number of rotatable bonds is 4. The lowest BCUT2D eigenvalue weighted by molar-refractivity contribution is -0.0672. The van der Waals surface area contributed by atoms with Crippen molar-refractivity contribution in [1.29, 1.82) is 0 Å². The Labute approximate surface area is 172 Å². The van der Waals surface area contributed by atoms with Crippen LogP contribution in [0, 0.1) is 5.92 Å². The third-order valence-electron chi connectivity index (χ3n) is 5.99. The average molecular weight is 415 g/mol. The smallest absolute Gasteiger partial charge is 0.248 e. The summed E-state index contributed by atoms with van der Waals surface area (Å²) in [6.45, 7) is 0.910. The van der Waals surface area contributed by atoms with E-state index in [1.54, 1.807) is 19.6 Å². The topological polar surface area (TPSA) is 58.4 Å². The minimum absolute atomic E-state index is 0.0607. The summed E-state index contributed by atoms with van der Waals surface area (Å²) in [4.78, 5) is 8.78. The van der Waals surface area contributed by atoms with E-state index in [1.165, 1.54) is 0 Å². The number of imidazole rings is 1. The third kappa shape index (κ3) is 3.55. The van der Waals surface area contributed by atoms with Crippen molar-refractivity contribution < 1.29 is 23.0 Å². The van der Waals surface area contributed by atoms with Crippen LogP contribution in [0.5, 0.6) is 17.2 Å². The standard InChI is InChI=1S/C22H23F2N3O3/c1-28-17-9-14(11-27-13-26-16-3-2-8-25-21(16)27)10-18-20(17)30-19(12-29-18)15-4-6-22(23,24)7-5-15/h2-3,8-10,13,15,19H,4-7,11-12H2,1H3. The van der Waals surface area contributed by atoms with Crippen LogP contribution in [0.25, 0.3) is 11.2 Å². The Morgan fingerprint density at radius 1 is 1.23 bits per heavy atom. The van der Waals surface area contributed by atoms with Crippen molar-refractivity contribution in [2.75, 3.05) is 13.7 Å². The molecule has 1 saturated carbocycles. The normalized spacial score (nSPS) is 21.0. The lowest BCUT2D eigenvalue weighted by atomic mass is 9.83. The number of fused-ring (bicyclic) bond motifs is 2. The minimum Gasteiger partial charge on any atom is -0.493 e. The number of benzene rings is 1.